The number of aryl methyl sites for hydroxylation is 1. The summed E-state index contributed by atoms with van der Waals surface area (Å²) in [6.07, 6.45) is 6.38. The maximum Gasteiger partial charge on any atom is 0.243 e. The number of aromatic nitrogens is 2. The molecule has 2 amide bonds. The zero-order valence-electron chi connectivity index (χ0n) is 20.2. The van der Waals surface area contributed by atoms with Crippen LogP contribution in [-0.4, -0.2) is 27.6 Å². The van der Waals surface area contributed by atoms with Crippen LogP contribution in [0.5, 0.6) is 0 Å². The summed E-state index contributed by atoms with van der Waals surface area (Å²) >= 11 is 0. The number of amides is 2. The smallest absolute Gasteiger partial charge is 0.243 e. The van der Waals surface area contributed by atoms with Gasteiger partial charge in [0.15, 0.2) is 0 Å². The van der Waals surface area contributed by atoms with Gasteiger partial charge in [-0.2, -0.15) is 10.4 Å². The van der Waals surface area contributed by atoms with Crippen LogP contribution in [0.25, 0.3) is 5.69 Å². The molecule has 2 aromatic carbocycles. The summed E-state index contributed by atoms with van der Waals surface area (Å²) in [4.78, 5) is 26.8. The van der Waals surface area contributed by atoms with E-state index in [0.717, 1.165) is 33.8 Å². The minimum atomic E-state index is -0.835. The molecule has 180 valence electrons. The van der Waals surface area contributed by atoms with Gasteiger partial charge in [-0.3, -0.25) is 9.59 Å². The molecule has 0 bridgehead atoms. The summed E-state index contributed by atoms with van der Waals surface area (Å²) in [5, 5.41) is 20.2. The number of benzene rings is 2. The van der Waals surface area contributed by atoms with Gasteiger partial charge < -0.3 is 10.6 Å². The quantitative estimate of drug-likeness (QED) is 0.597. The Morgan fingerprint density at radius 2 is 1.89 bits per heavy atom. The summed E-state index contributed by atoms with van der Waals surface area (Å²) in [7, 11) is 0. The van der Waals surface area contributed by atoms with Gasteiger partial charge in [0.05, 0.1) is 41.2 Å². The fourth-order valence-corrected chi connectivity index (χ4v) is 5.09. The van der Waals surface area contributed by atoms with E-state index in [0.29, 0.717) is 12.0 Å². The van der Waals surface area contributed by atoms with Gasteiger partial charge in [0, 0.05) is 11.5 Å². The minimum Gasteiger partial charge on any atom is -0.349 e. The molecule has 1 aliphatic carbocycles. The standard InChI is InChI=1S/C29H27N5O2/c1-18-7-6-8-22(15-18)28(35)32-27-26(21-13-11-20(16-30)12-14-21)25-19(2)33-34(23-9-4-3-5-10-23)24(25)17-31-29(27)36/h3-14,22,26-27H,15,17H2,1-2H3,(H,31,36)(H,32,35)/t22?,26-,27-/m0/s1. The van der Waals surface area contributed by atoms with Gasteiger partial charge in [-0.25, -0.2) is 4.68 Å². The van der Waals surface area contributed by atoms with Gasteiger partial charge in [-0.1, -0.05) is 54.1 Å². The molecule has 2 heterocycles. The third-order valence-electron chi connectivity index (χ3n) is 6.86. The lowest BCUT2D eigenvalue weighted by Crippen LogP contribution is -2.50. The average Bonchev–Trinajstić information content (AvgIpc) is 3.15. The fourth-order valence-electron chi connectivity index (χ4n) is 5.09. The Balaban J connectivity index is 1.61. The monoisotopic (exact) mass is 477 g/mol. The van der Waals surface area contributed by atoms with Crippen LogP contribution in [-0.2, 0) is 16.1 Å². The number of fused-ring (bicyclic) bond motifs is 1. The predicted molar refractivity (Wildman–Crippen MR) is 136 cm³/mol. The average molecular weight is 478 g/mol. The van der Waals surface area contributed by atoms with Crippen LogP contribution in [0.3, 0.4) is 0 Å². The second-order valence-electron chi connectivity index (χ2n) is 9.32. The molecule has 7 nitrogen and oxygen atoms in total. The van der Waals surface area contributed by atoms with Crippen LogP contribution in [0.2, 0.25) is 0 Å². The number of nitrogens with one attached hydrogen (secondary N) is 2. The first-order valence-electron chi connectivity index (χ1n) is 12.0. The number of nitrogens with zero attached hydrogens (tertiary/aromatic N) is 3. The lowest BCUT2D eigenvalue weighted by atomic mass is 9.83. The third-order valence-corrected chi connectivity index (χ3v) is 6.86. The molecular formula is C29H27N5O2. The van der Waals surface area contributed by atoms with E-state index in [4.69, 9.17) is 5.10 Å². The highest BCUT2D eigenvalue weighted by Gasteiger charge is 2.40. The molecule has 0 radical (unpaired) electrons. The van der Waals surface area contributed by atoms with E-state index >= 15 is 0 Å². The molecule has 1 unspecified atom stereocenters. The zero-order chi connectivity index (χ0) is 25.2. The predicted octanol–water partition coefficient (Wildman–Crippen LogP) is 3.82. The molecule has 7 heteroatoms. The van der Waals surface area contributed by atoms with Gasteiger partial charge in [-0.05, 0) is 50.1 Å². The van der Waals surface area contributed by atoms with Crippen molar-refractivity contribution in [1.29, 1.82) is 5.26 Å². The number of rotatable bonds is 4. The Kier molecular flexibility index (Phi) is 6.26. The van der Waals surface area contributed by atoms with Crippen molar-refractivity contribution in [2.45, 2.75) is 38.8 Å². The fraction of sp³-hybridized carbons (Fsp3) is 0.241. The Labute approximate surface area is 210 Å². The summed E-state index contributed by atoms with van der Waals surface area (Å²) in [6, 6.07) is 18.3. The second kappa shape index (κ2) is 9.67. The van der Waals surface area contributed by atoms with Crippen molar-refractivity contribution in [3.63, 3.8) is 0 Å². The minimum absolute atomic E-state index is 0.186. The number of carbonyl (C=O) groups excluding carboxylic acids is 2. The number of hydrogen-bond acceptors (Lipinski definition) is 4. The van der Waals surface area contributed by atoms with E-state index in [9.17, 15) is 14.9 Å². The van der Waals surface area contributed by atoms with Gasteiger partial charge in [0.25, 0.3) is 0 Å². The van der Waals surface area contributed by atoms with E-state index in [1.807, 2.05) is 79.2 Å². The van der Waals surface area contributed by atoms with E-state index < -0.39 is 12.0 Å². The summed E-state index contributed by atoms with van der Waals surface area (Å²) in [5.74, 6) is -1.24. The number of para-hydroxylation sites is 1. The maximum atomic E-state index is 13.5. The number of allylic oxidation sites excluding steroid dienone is 3. The van der Waals surface area contributed by atoms with Crippen molar-refractivity contribution in [3.8, 4) is 11.8 Å². The summed E-state index contributed by atoms with van der Waals surface area (Å²) < 4.78 is 1.86. The van der Waals surface area contributed by atoms with Crippen molar-refractivity contribution >= 4 is 11.8 Å². The molecular weight excluding hydrogens is 450 g/mol. The maximum absolute atomic E-state index is 13.5. The van der Waals surface area contributed by atoms with Gasteiger partial charge in [0.1, 0.15) is 6.04 Å². The molecule has 0 saturated carbocycles. The lowest BCUT2D eigenvalue weighted by Gasteiger charge is -2.28. The first-order chi connectivity index (χ1) is 17.5. The van der Waals surface area contributed by atoms with Crippen LogP contribution in [0, 0.1) is 24.2 Å². The van der Waals surface area contributed by atoms with Gasteiger partial charge in [-0.15, -0.1) is 0 Å². The largest absolute Gasteiger partial charge is 0.349 e. The van der Waals surface area contributed by atoms with Crippen molar-refractivity contribution in [3.05, 3.63) is 106 Å². The van der Waals surface area contributed by atoms with Crippen molar-refractivity contribution in [2.24, 2.45) is 5.92 Å². The van der Waals surface area contributed by atoms with Crippen LogP contribution < -0.4 is 10.6 Å². The molecule has 0 saturated heterocycles. The molecule has 5 rings (SSSR count). The van der Waals surface area contributed by atoms with Crippen molar-refractivity contribution in [2.75, 3.05) is 0 Å². The molecule has 1 aromatic heterocycles. The molecule has 36 heavy (non-hydrogen) atoms. The molecule has 0 fully saturated rings. The molecule has 3 atom stereocenters. The Morgan fingerprint density at radius 3 is 2.58 bits per heavy atom. The Morgan fingerprint density at radius 1 is 1.14 bits per heavy atom. The van der Waals surface area contributed by atoms with Gasteiger partial charge in [0.2, 0.25) is 11.8 Å². The van der Waals surface area contributed by atoms with E-state index in [1.165, 1.54) is 0 Å². The Hall–Kier alpha value is -4.44. The Bertz CT molecular complexity index is 1410. The van der Waals surface area contributed by atoms with Crippen LogP contribution in [0.15, 0.2) is 78.4 Å². The third kappa shape index (κ3) is 4.34. The first kappa shape index (κ1) is 23.3. The highest BCUT2D eigenvalue weighted by atomic mass is 16.2. The van der Waals surface area contributed by atoms with E-state index in [1.54, 1.807) is 12.1 Å². The number of carbonyl (C=O) groups is 2. The highest BCUT2D eigenvalue weighted by Crippen LogP contribution is 2.36. The van der Waals surface area contributed by atoms with Crippen LogP contribution >= 0.6 is 0 Å². The molecule has 0 spiro atoms. The number of nitriles is 1. The zero-order valence-corrected chi connectivity index (χ0v) is 20.2. The molecule has 3 aromatic rings. The highest BCUT2D eigenvalue weighted by molar-refractivity contribution is 5.91. The first-order valence-corrected chi connectivity index (χ1v) is 12.0. The van der Waals surface area contributed by atoms with Crippen LogP contribution in [0.1, 0.15) is 47.3 Å². The second-order valence-corrected chi connectivity index (χ2v) is 9.32. The molecule has 2 aliphatic rings. The number of hydrogen-bond donors (Lipinski definition) is 2. The SMILES string of the molecule is CC1=CC=CC(C(=O)N[C@@H]2C(=O)NCc3c(c(C)nn3-c3ccccc3)[C@@H]2c2ccc(C#N)cc2)C1. The molecule has 2 N–H and O–H groups in total. The summed E-state index contributed by atoms with van der Waals surface area (Å²) in [6.45, 7) is 4.21. The van der Waals surface area contributed by atoms with E-state index in [2.05, 4.69) is 16.7 Å². The molecule has 1 aliphatic heterocycles. The van der Waals surface area contributed by atoms with E-state index in [-0.39, 0.29) is 24.3 Å². The van der Waals surface area contributed by atoms with Crippen molar-refractivity contribution in [1.82, 2.24) is 20.4 Å². The van der Waals surface area contributed by atoms with Crippen LogP contribution in [0.4, 0.5) is 0 Å². The topological polar surface area (TPSA) is 99.8 Å². The summed E-state index contributed by atoms with van der Waals surface area (Å²) in [5.41, 5.74) is 5.94. The van der Waals surface area contributed by atoms with Crippen molar-refractivity contribution < 1.29 is 9.59 Å². The lowest BCUT2D eigenvalue weighted by molar-refractivity contribution is -0.130. The van der Waals surface area contributed by atoms with Gasteiger partial charge >= 0.3 is 0 Å². The normalized spacial score (nSPS) is 21.0.